The van der Waals surface area contributed by atoms with Gasteiger partial charge in [0.15, 0.2) is 0 Å². The molecule has 1 fully saturated rings. The SMILES string of the molecule is CN1CCN(C(=O)Cc2c[nH]c3ncc(-c4cccc(OC(F)(F)F)c4)cc23)CC1. The van der Waals surface area contributed by atoms with Gasteiger partial charge >= 0.3 is 6.36 Å². The van der Waals surface area contributed by atoms with Crippen LogP contribution in [0.15, 0.2) is 42.7 Å². The Kier molecular flexibility index (Phi) is 5.38. The first kappa shape index (κ1) is 20.2. The van der Waals surface area contributed by atoms with E-state index in [9.17, 15) is 18.0 Å². The van der Waals surface area contributed by atoms with Crippen molar-refractivity contribution in [2.75, 3.05) is 33.2 Å². The highest BCUT2D eigenvalue weighted by molar-refractivity contribution is 5.89. The molecule has 0 spiro atoms. The zero-order chi connectivity index (χ0) is 21.3. The fraction of sp³-hybridized carbons (Fsp3) is 0.333. The largest absolute Gasteiger partial charge is 0.573 e. The fourth-order valence-corrected chi connectivity index (χ4v) is 3.57. The Balaban J connectivity index is 1.57. The molecule has 3 aromatic rings. The third-order valence-electron chi connectivity index (χ3n) is 5.22. The monoisotopic (exact) mass is 418 g/mol. The highest BCUT2D eigenvalue weighted by Crippen LogP contribution is 2.30. The average Bonchev–Trinajstić information content (AvgIpc) is 3.09. The predicted molar refractivity (Wildman–Crippen MR) is 106 cm³/mol. The van der Waals surface area contributed by atoms with Crippen LogP contribution in [0.4, 0.5) is 13.2 Å². The minimum Gasteiger partial charge on any atom is -0.406 e. The van der Waals surface area contributed by atoms with E-state index in [-0.39, 0.29) is 18.1 Å². The summed E-state index contributed by atoms with van der Waals surface area (Å²) in [5.41, 5.74) is 2.63. The standard InChI is InChI=1S/C21H21F3N4O2/c1-27-5-7-28(8-6-27)19(29)11-16-13-26-20-18(16)10-15(12-25-20)14-3-2-4-17(9-14)30-21(22,23)24/h2-4,9-10,12-13H,5-8,11H2,1H3,(H,25,26). The molecule has 1 aliphatic heterocycles. The lowest BCUT2D eigenvalue weighted by atomic mass is 10.0. The molecule has 1 N–H and O–H groups in total. The van der Waals surface area contributed by atoms with Crippen LogP contribution in [0.5, 0.6) is 5.75 Å². The van der Waals surface area contributed by atoms with Gasteiger partial charge in [0.05, 0.1) is 6.42 Å². The van der Waals surface area contributed by atoms with Crippen molar-refractivity contribution >= 4 is 16.9 Å². The lowest BCUT2D eigenvalue weighted by Crippen LogP contribution is -2.47. The van der Waals surface area contributed by atoms with Crippen molar-refractivity contribution in [3.8, 4) is 16.9 Å². The molecule has 1 saturated heterocycles. The van der Waals surface area contributed by atoms with E-state index >= 15 is 0 Å². The van der Waals surface area contributed by atoms with Crippen molar-refractivity contribution in [2.24, 2.45) is 0 Å². The molecule has 6 nitrogen and oxygen atoms in total. The number of hydrogen-bond donors (Lipinski definition) is 1. The number of nitrogens with zero attached hydrogens (tertiary/aromatic N) is 3. The highest BCUT2D eigenvalue weighted by Gasteiger charge is 2.31. The number of ether oxygens (including phenoxy) is 1. The predicted octanol–water partition coefficient (Wildman–Crippen LogP) is 3.45. The smallest absolute Gasteiger partial charge is 0.406 e. The molecule has 0 unspecified atom stereocenters. The number of aromatic nitrogens is 2. The van der Waals surface area contributed by atoms with Gasteiger partial charge in [0, 0.05) is 49.5 Å². The number of piperazine rings is 1. The number of pyridine rings is 1. The number of rotatable bonds is 4. The topological polar surface area (TPSA) is 61.5 Å². The van der Waals surface area contributed by atoms with Crippen molar-refractivity contribution in [1.82, 2.24) is 19.8 Å². The molecule has 0 bridgehead atoms. The van der Waals surface area contributed by atoms with Gasteiger partial charge in [0.2, 0.25) is 5.91 Å². The number of hydrogen-bond acceptors (Lipinski definition) is 4. The van der Waals surface area contributed by atoms with Crippen LogP contribution in [0, 0.1) is 0 Å². The van der Waals surface area contributed by atoms with Crippen LogP contribution in [-0.4, -0.2) is 65.3 Å². The number of H-pyrrole nitrogens is 1. The second-order valence-electron chi connectivity index (χ2n) is 7.37. The number of amides is 1. The number of alkyl halides is 3. The Morgan fingerprint density at radius 2 is 1.93 bits per heavy atom. The van der Waals surface area contributed by atoms with Gasteiger partial charge < -0.3 is 19.5 Å². The first-order chi connectivity index (χ1) is 14.3. The molecule has 3 heterocycles. The quantitative estimate of drug-likeness (QED) is 0.705. The number of carbonyl (C=O) groups is 1. The molecule has 30 heavy (non-hydrogen) atoms. The fourth-order valence-electron chi connectivity index (χ4n) is 3.57. The normalized spacial score (nSPS) is 15.5. The maximum atomic E-state index is 12.7. The molecule has 1 aromatic carbocycles. The number of halogens is 3. The zero-order valence-electron chi connectivity index (χ0n) is 16.4. The van der Waals surface area contributed by atoms with Crippen molar-refractivity contribution in [2.45, 2.75) is 12.8 Å². The number of fused-ring (bicyclic) bond motifs is 1. The van der Waals surface area contributed by atoms with Crippen molar-refractivity contribution in [1.29, 1.82) is 0 Å². The summed E-state index contributed by atoms with van der Waals surface area (Å²) < 4.78 is 41.5. The molecule has 158 valence electrons. The average molecular weight is 418 g/mol. The summed E-state index contributed by atoms with van der Waals surface area (Å²) in [7, 11) is 2.03. The van der Waals surface area contributed by atoms with E-state index in [1.165, 1.54) is 18.2 Å². The molecular formula is C21H21F3N4O2. The molecule has 0 saturated carbocycles. The van der Waals surface area contributed by atoms with Gasteiger partial charge in [-0.1, -0.05) is 12.1 Å². The zero-order valence-corrected chi connectivity index (χ0v) is 16.4. The van der Waals surface area contributed by atoms with Crippen LogP contribution in [-0.2, 0) is 11.2 Å². The van der Waals surface area contributed by atoms with Crippen LogP contribution >= 0.6 is 0 Å². The third kappa shape index (κ3) is 4.56. The lowest BCUT2D eigenvalue weighted by Gasteiger charge is -2.32. The van der Waals surface area contributed by atoms with Gasteiger partial charge in [-0.3, -0.25) is 4.79 Å². The molecule has 9 heteroatoms. The van der Waals surface area contributed by atoms with E-state index in [1.54, 1.807) is 18.5 Å². The van der Waals surface area contributed by atoms with E-state index in [4.69, 9.17) is 0 Å². The number of nitrogens with one attached hydrogen (secondary N) is 1. The van der Waals surface area contributed by atoms with Gasteiger partial charge in [-0.15, -0.1) is 13.2 Å². The van der Waals surface area contributed by atoms with Gasteiger partial charge in [-0.25, -0.2) is 4.98 Å². The summed E-state index contributed by atoms with van der Waals surface area (Å²) in [6.07, 6.45) is -1.17. The summed E-state index contributed by atoms with van der Waals surface area (Å²) in [6.45, 7) is 3.10. The first-order valence-electron chi connectivity index (χ1n) is 9.57. The number of benzene rings is 1. The number of likely N-dealkylation sites (N-methyl/N-ethyl adjacent to an activating group) is 1. The van der Waals surface area contributed by atoms with Crippen molar-refractivity contribution in [3.05, 3.63) is 48.3 Å². The maximum absolute atomic E-state index is 12.7. The van der Waals surface area contributed by atoms with E-state index in [1.807, 2.05) is 18.0 Å². The van der Waals surface area contributed by atoms with E-state index in [0.29, 0.717) is 29.9 Å². The highest BCUT2D eigenvalue weighted by atomic mass is 19.4. The van der Waals surface area contributed by atoms with Gasteiger partial charge in [-0.2, -0.15) is 0 Å². The summed E-state index contributed by atoms with van der Waals surface area (Å²) in [6, 6.07) is 7.58. The molecule has 2 aromatic heterocycles. The van der Waals surface area contributed by atoms with Gasteiger partial charge in [0.1, 0.15) is 11.4 Å². The van der Waals surface area contributed by atoms with Crippen LogP contribution in [0.1, 0.15) is 5.56 Å². The number of aromatic amines is 1. The van der Waals surface area contributed by atoms with Crippen molar-refractivity contribution in [3.63, 3.8) is 0 Å². The summed E-state index contributed by atoms with van der Waals surface area (Å²) in [5, 5.41) is 0.775. The minimum absolute atomic E-state index is 0.0509. The molecule has 0 atom stereocenters. The summed E-state index contributed by atoms with van der Waals surface area (Å²) >= 11 is 0. The third-order valence-corrected chi connectivity index (χ3v) is 5.22. The Morgan fingerprint density at radius 1 is 1.17 bits per heavy atom. The first-order valence-corrected chi connectivity index (χ1v) is 9.57. The second kappa shape index (κ2) is 7.98. The summed E-state index contributed by atoms with van der Waals surface area (Å²) in [5.74, 6) is -0.241. The minimum atomic E-state index is -4.75. The Hall–Kier alpha value is -3.07. The molecule has 1 amide bonds. The molecule has 1 aliphatic rings. The molecule has 4 rings (SSSR count). The second-order valence-corrected chi connectivity index (χ2v) is 7.37. The number of carbonyl (C=O) groups excluding carboxylic acids is 1. The van der Waals surface area contributed by atoms with Crippen molar-refractivity contribution < 1.29 is 22.7 Å². The van der Waals surface area contributed by atoms with Crippen LogP contribution in [0.3, 0.4) is 0 Å². The van der Waals surface area contributed by atoms with E-state index < -0.39 is 6.36 Å². The van der Waals surface area contributed by atoms with E-state index in [2.05, 4.69) is 19.6 Å². The Morgan fingerprint density at radius 3 is 2.67 bits per heavy atom. The summed E-state index contributed by atoms with van der Waals surface area (Å²) in [4.78, 5) is 24.2. The van der Waals surface area contributed by atoms with Crippen LogP contribution in [0.2, 0.25) is 0 Å². The lowest BCUT2D eigenvalue weighted by molar-refractivity contribution is -0.274. The van der Waals surface area contributed by atoms with Crippen LogP contribution in [0.25, 0.3) is 22.2 Å². The van der Waals surface area contributed by atoms with Gasteiger partial charge in [0.25, 0.3) is 0 Å². The Bertz CT molecular complexity index is 1060. The van der Waals surface area contributed by atoms with Gasteiger partial charge in [-0.05, 0) is 36.4 Å². The molecule has 0 aliphatic carbocycles. The molecular weight excluding hydrogens is 397 g/mol. The van der Waals surface area contributed by atoms with E-state index in [0.717, 1.165) is 24.0 Å². The maximum Gasteiger partial charge on any atom is 0.573 e. The van der Waals surface area contributed by atoms with Crippen LogP contribution < -0.4 is 4.74 Å². The molecule has 0 radical (unpaired) electrons. The Labute approximate surface area is 171 Å².